The molecule has 0 atom stereocenters. The molecule has 2 aromatic rings. The Morgan fingerprint density at radius 2 is 1.48 bits per heavy atom. The number of rotatable bonds is 5. The first-order valence-corrected chi connectivity index (χ1v) is 8.08. The van der Waals surface area contributed by atoms with Crippen molar-refractivity contribution in [1.82, 2.24) is 0 Å². The van der Waals surface area contributed by atoms with Crippen molar-refractivity contribution >= 4 is 35.1 Å². The molecule has 1 heterocycles. The standard InChI is InChI=1S/C19H12N2O8/c1-28-19(23)16-15(10-11-2-6-13(7-3-11)20(24)25)18(22)29-17(16)12-4-8-14(9-5-12)21(26)27/h2-10H,1H3/b15-10-. The molecular formula is C19H12N2O8. The van der Waals surface area contributed by atoms with Gasteiger partial charge in [-0.2, -0.15) is 0 Å². The SMILES string of the molecule is COC(=O)C1=C(c2ccc([N+](=O)[O-])cc2)OC(=O)/C1=C\c1ccc([N+](=O)[O-])cc1. The highest BCUT2D eigenvalue weighted by molar-refractivity contribution is 6.19. The van der Waals surface area contributed by atoms with Crippen LogP contribution in [0.2, 0.25) is 0 Å². The van der Waals surface area contributed by atoms with E-state index >= 15 is 0 Å². The maximum atomic E-state index is 12.4. The Hall–Kier alpha value is -4.34. The lowest BCUT2D eigenvalue weighted by Crippen LogP contribution is -2.08. The van der Waals surface area contributed by atoms with Crippen LogP contribution in [-0.2, 0) is 19.1 Å². The summed E-state index contributed by atoms with van der Waals surface area (Å²) < 4.78 is 9.97. The van der Waals surface area contributed by atoms with Gasteiger partial charge in [0.1, 0.15) is 5.57 Å². The molecule has 1 aliphatic rings. The molecule has 0 bridgehead atoms. The van der Waals surface area contributed by atoms with Crippen molar-refractivity contribution in [3.8, 4) is 0 Å². The van der Waals surface area contributed by atoms with Gasteiger partial charge in [-0.05, 0) is 35.9 Å². The Bertz CT molecular complexity index is 1080. The summed E-state index contributed by atoms with van der Waals surface area (Å²) in [7, 11) is 1.13. The highest BCUT2D eigenvalue weighted by atomic mass is 16.6. The maximum absolute atomic E-state index is 12.4. The van der Waals surface area contributed by atoms with Crippen LogP contribution in [0, 0.1) is 20.2 Å². The third-order valence-electron chi connectivity index (χ3n) is 4.06. The lowest BCUT2D eigenvalue weighted by atomic mass is 10.0. The normalized spacial score (nSPS) is 14.7. The van der Waals surface area contributed by atoms with Crippen LogP contribution in [0.4, 0.5) is 11.4 Å². The fourth-order valence-corrected chi connectivity index (χ4v) is 2.66. The van der Waals surface area contributed by atoms with Gasteiger partial charge in [0, 0.05) is 29.8 Å². The molecule has 0 fully saturated rings. The molecule has 10 heteroatoms. The number of ether oxygens (including phenoxy) is 2. The van der Waals surface area contributed by atoms with Gasteiger partial charge in [-0.3, -0.25) is 20.2 Å². The Morgan fingerprint density at radius 1 is 0.966 bits per heavy atom. The van der Waals surface area contributed by atoms with E-state index in [1.54, 1.807) is 0 Å². The van der Waals surface area contributed by atoms with Crippen molar-refractivity contribution in [3.05, 3.63) is 91.0 Å². The lowest BCUT2D eigenvalue weighted by Gasteiger charge is -2.04. The van der Waals surface area contributed by atoms with E-state index in [0.717, 1.165) is 7.11 Å². The molecule has 1 aliphatic heterocycles. The van der Waals surface area contributed by atoms with Crippen molar-refractivity contribution in [3.63, 3.8) is 0 Å². The average molecular weight is 396 g/mol. The summed E-state index contributed by atoms with van der Waals surface area (Å²) in [5.74, 6) is -1.75. The van der Waals surface area contributed by atoms with Crippen molar-refractivity contribution in [2.24, 2.45) is 0 Å². The molecule has 0 radical (unpaired) electrons. The van der Waals surface area contributed by atoms with Crippen LogP contribution in [0.15, 0.2) is 59.7 Å². The summed E-state index contributed by atoms with van der Waals surface area (Å²) in [5.41, 5.74) is 0.158. The van der Waals surface area contributed by atoms with Crippen LogP contribution >= 0.6 is 0 Å². The van der Waals surface area contributed by atoms with E-state index in [0.29, 0.717) is 5.56 Å². The summed E-state index contributed by atoms with van der Waals surface area (Å²) in [6, 6.07) is 10.5. The quantitative estimate of drug-likeness (QED) is 0.325. The summed E-state index contributed by atoms with van der Waals surface area (Å²) in [5, 5.41) is 21.6. The first-order chi connectivity index (χ1) is 13.8. The van der Waals surface area contributed by atoms with Gasteiger partial charge in [0.15, 0.2) is 5.76 Å². The van der Waals surface area contributed by atoms with Crippen molar-refractivity contribution < 1.29 is 28.9 Å². The van der Waals surface area contributed by atoms with Crippen LogP contribution < -0.4 is 0 Å². The number of carbonyl (C=O) groups is 2. The first kappa shape index (κ1) is 19.4. The minimum absolute atomic E-state index is 0.0927. The van der Waals surface area contributed by atoms with Gasteiger partial charge in [0.25, 0.3) is 11.4 Å². The van der Waals surface area contributed by atoms with E-state index in [1.807, 2.05) is 0 Å². The van der Waals surface area contributed by atoms with Gasteiger partial charge < -0.3 is 9.47 Å². The Kier molecular flexibility index (Phi) is 5.17. The molecule has 10 nitrogen and oxygen atoms in total. The number of non-ortho nitro benzene ring substituents is 2. The second kappa shape index (κ2) is 7.72. The van der Waals surface area contributed by atoms with E-state index in [2.05, 4.69) is 0 Å². The molecule has 2 aromatic carbocycles. The predicted molar refractivity (Wildman–Crippen MR) is 99.2 cm³/mol. The number of carbonyl (C=O) groups excluding carboxylic acids is 2. The molecular weight excluding hydrogens is 384 g/mol. The summed E-state index contributed by atoms with van der Waals surface area (Å²) in [4.78, 5) is 45.1. The third-order valence-corrected chi connectivity index (χ3v) is 4.06. The maximum Gasteiger partial charge on any atom is 0.344 e. The Morgan fingerprint density at radius 3 is 1.97 bits per heavy atom. The topological polar surface area (TPSA) is 139 Å². The van der Waals surface area contributed by atoms with Crippen LogP contribution in [0.3, 0.4) is 0 Å². The molecule has 0 saturated heterocycles. The summed E-state index contributed by atoms with van der Waals surface area (Å²) in [6.07, 6.45) is 1.34. The molecule has 0 aliphatic carbocycles. The molecule has 0 unspecified atom stereocenters. The van der Waals surface area contributed by atoms with E-state index in [4.69, 9.17) is 9.47 Å². The molecule has 0 aromatic heterocycles. The van der Waals surface area contributed by atoms with Gasteiger partial charge in [-0.25, -0.2) is 9.59 Å². The van der Waals surface area contributed by atoms with Crippen molar-refractivity contribution in [2.75, 3.05) is 7.11 Å². The molecule has 29 heavy (non-hydrogen) atoms. The van der Waals surface area contributed by atoms with Crippen LogP contribution in [0.25, 0.3) is 11.8 Å². The summed E-state index contributed by atoms with van der Waals surface area (Å²) >= 11 is 0. The fourth-order valence-electron chi connectivity index (χ4n) is 2.66. The number of methoxy groups -OCH3 is 1. The van der Waals surface area contributed by atoms with Crippen LogP contribution in [0.5, 0.6) is 0 Å². The molecule has 3 rings (SSSR count). The number of cyclic esters (lactones) is 1. The number of nitro groups is 2. The van der Waals surface area contributed by atoms with Crippen LogP contribution in [-0.4, -0.2) is 28.9 Å². The van der Waals surface area contributed by atoms with Gasteiger partial charge >= 0.3 is 11.9 Å². The second-order valence-electron chi connectivity index (χ2n) is 5.80. The highest BCUT2D eigenvalue weighted by Crippen LogP contribution is 2.35. The number of nitro benzene ring substituents is 2. The Balaban J connectivity index is 2.08. The first-order valence-electron chi connectivity index (χ1n) is 8.08. The highest BCUT2D eigenvalue weighted by Gasteiger charge is 2.36. The van der Waals surface area contributed by atoms with E-state index in [9.17, 15) is 29.8 Å². The largest absolute Gasteiger partial charge is 0.465 e. The van der Waals surface area contributed by atoms with E-state index in [-0.39, 0.29) is 33.8 Å². The number of esters is 2. The number of nitrogens with zero attached hydrogens (tertiary/aromatic N) is 2. The van der Waals surface area contributed by atoms with Crippen LogP contribution in [0.1, 0.15) is 11.1 Å². The van der Waals surface area contributed by atoms with Crippen molar-refractivity contribution in [1.29, 1.82) is 0 Å². The van der Waals surface area contributed by atoms with Gasteiger partial charge in [0.05, 0.1) is 22.5 Å². The average Bonchev–Trinajstić information content (AvgIpc) is 3.04. The van der Waals surface area contributed by atoms with Crippen molar-refractivity contribution in [2.45, 2.75) is 0 Å². The van der Waals surface area contributed by atoms with E-state index < -0.39 is 21.8 Å². The van der Waals surface area contributed by atoms with Gasteiger partial charge in [-0.15, -0.1) is 0 Å². The zero-order chi connectivity index (χ0) is 21.1. The molecule has 0 amide bonds. The van der Waals surface area contributed by atoms with Gasteiger partial charge in [0.2, 0.25) is 0 Å². The zero-order valence-corrected chi connectivity index (χ0v) is 14.9. The zero-order valence-electron chi connectivity index (χ0n) is 14.9. The second-order valence-corrected chi connectivity index (χ2v) is 5.80. The Labute approximate surface area is 163 Å². The molecule has 0 saturated carbocycles. The third kappa shape index (κ3) is 3.86. The lowest BCUT2D eigenvalue weighted by molar-refractivity contribution is -0.385. The number of hydrogen-bond donors (Lipinski definition) is 0. The minimum atomic E-state index is -0.836. The fraction of sp³-hybridized carbons (Fsp3) is 0.0526. The smallest absolute Gasteiger partial charge is 0.344 e. The summed E-state index contributed by atoms with van der Waals surface area (Å²) in [6.45, 7) is 0. The molecule has 0 N–H and O–H groups in total. The number of benzene rings is 2. The molecule has 146 valence electrons. The van der Waals surface area contributed by atoms with E-state index in [1.165, 1.54) is 54.6 Å². The predicted octanol–water partition coefficient (Wildman–Crippen LogP) is 3.03. The van der Waals surface area contributed by atoms with Gasteiger partial charge in [-0.1, -0.05) is 0 Å². The monoisotopic (exact) mass is 396 g/mol. The number of hydrogen-bond acceptors (Lipinski definition) is 8. The molecule has 0 spiro atoms. The minimum Gasteiger partial charge on any atom is -0.465 e.